The molecule has 0 radical (unpaired) electrons. The first-order valence-corrected chi connectivity index (χ1v) is 11.5. The van der Waals surface area contributed by atoms with Gasteiger partial charge >= 0.3 is 0 Å². The summed E-state index contributed by atoms with van der Waals surface area (Å²) in [6.07, 6.45) is 0. The van der Waals surface area contributed by atoms with E-state index in [2.05, 4.69) is 0 Å². The number of rotatable bonds is 7. The Morgan fingerprint density at radius 3 is 1.87 bits per heavy atom. The van der Waals surface area contributed by atoms with E-state index >= 15 is 0 Å². The summed E-state index contributed by atoms with van der Waals surface area (Å²) in [6, 6.07) is 32.3. The lowest BCUT2D eigenvalue weighted by molar-refractivity contribution is 0.482. The summed E-state index contributed by atoms with van der Waals surface area (Å²) in [5.74, 6) is 1.32. The Morgan fingerprint density at radius 1 is 0.677 bits per heavy atom. The minimum atomic E-state index is -3.89. The zero-order valence-corrected chi connectivity index (χ0v) is 18.1. The van der Waals surface area contributed by atoms with Crippen molar-refractivity contribution in [1.82, 2.24) is 0 Å². The van der Waals surface area contributed by atoms with Crippen LogP contribution in [-0.2, 0) is 16.6 Å². The van der Waals surface area contributed by atoms with Crippen molar-refractivity contribution in [2.24, 2.45) is 0 Å². The Bertz CT molecular complexity index is 1240. The highest BCUT2D eigenvalue weighted by Crippen LogP contribution is 2.31. The van der Waals surface area contributed by atoms with Crippen LogP contribution in [0.5, 0.6) is 11.5 Å². The first kappa shape index (κ1) is 21.0. The van der Waals surface area contributed by atoms with Crippen LogP contribution in [0.2, 0.25) is 5.02 Å². The number of benzene rings is 4. The van der Waals surface area contributed by atoms with Crippen molar-refractivity contribution in [2.45, 2.75) is 11.4 Å². The lowest BCUT2D eigenvalue weighted by atomic mass is 10.2. The first-order valence-electron chi connectivity index (χ1n) is 9.68. The van der Waals surface area contributed by atoms with Gasteiger partial charge in [0, 0.05) is 0 Å². The first-order chi connectivity index (χ1) is 15.0. The molecule has 0 amide bonds. The molecule has 31 heavy (non-hydrogen) atoms. The molecule has 0 spiro atoms. The maximum Gasteiger partial charge on any atom is 0.266 e. The largest absolute Gasteiger partial charge is 0.457 e. The van der Waals surface area contributed by atoms with Crippen LogP contribution < -0.4 is 9.04 Å². The summed E-state index contributed by atoms with van der Waals surface area (Å²) < 4.78 is 34.3. The van der Waals surface area contributed by atoms with Crippen LogP contribution in [0, 0.1) is 0 Å². The SMILES string of the molecule is O=S(=O)(c1ccccc1Cl)N(Cc1ccccc1)c1ccc(Oc2ccccc2)cc1. The van der Waals surface area contributed by atoms with Gasteiger partial charge in [0.05, 0.1) is 17.3 Å². The van der Waals surface area contributed by atoms with Crippen LogP contribution in [0.1, 0.15) is 5.56 Å². The fourth-order valence-corrected chi connectivity index (χ4v) is 5.09. The number of halogens is 1. The molecule has 0 N–H and O–H groups in total. The van der Waals surface area contributed by atoms with E-state index in [1.165, 1.54) is 10.4 Å². The Hall–Kier alpha value is -3.28. The average Bonchev–Trinajstić information content (AvgIpc) is 2.80. The molecule has 0 aliphatic carbocycles. The van der Waals surface area contributed by atoms with Crippen molar-refractivity contribution in [3.05, 3.63) is 120 Å². The van der Waals surface area contributed by atoms with E-state index in [0.717, 1.165) is 5.56 Å². The molecule has 4 aromatic carbocycles. The Labute approximate surface area is 187 Å². The van der Waals surface area contributed by atoms with Crippen LogP contribution >= 0.6 is 11.6 Å². The Kier molecular flexibility index (Phi) is 6.26. The summed E-state index contributed by atoms with van der Waals surface area (Å²) in [4.78, 5) is 0.0669. The van der Waals surface area contributed by atoms with E-state index in [-0.39, 0.29) is 16.5 Å². The van der Waals surface area contributed by atoms with Crippen molar-refractivity contribution in [2.75, 3.05) is 4.31 Å². The van der Waals surface area contributed by atoms with E-state index < -0.39 is 10.0 Å². The van der Waals surface area contributed by atoms with E-state index in [9.17, 15) is 8.42 Å². The number of para-hydroxylation sites is 1. The van der Waals surface area contributed by atoms with Crippen LogP contribution in [0.15, 0.2) is 114 Å². The van der Waals surface area contributed by atoms with Gasteiger partial charge in [0.15, 0.2) is 0 Å². The summed E-state index contributed by atoms with van der Waals surface area (Å²) in [5.41, 5.74) is 1.38. The summed E-state index contributed by atoms with van der Waals surface area (Å²) in [5, 5.41) is 0.185. The molecule has 6 heteroatoms. The van der Waals surface area contributed by atoms with Gasteiger partial charge in [-0.1, -0.05) is 72.3 Å². The van der Waals surface area contributed by atoms with Crippen LogP contribution in [0.4, 0.5) is 5.69 Å². The van der Waals surface area contributed by atoms with Gasteiger partial charge in [-0.05, 0) is 54.1 Å². The smallest absolute Gasteiger partial charge is 0.266 e. The normalized spacial score (nSPS) is 11.1. The molecule has 0 aromatic heterocycles. The molecule has 4 nitrogen and oxygen atoms in total. The maximum absolute atomic E-state index is 13.5. The van der Waals surface area contributed by atoms with E-state index in [4.69, 9.17) is 16.3 Å². The zero-order chi connectivity index (χ0) is 21.7. The number of hydrogen-bond acceptors (Lipinski definition) is 3. The molecule has 0 unspecified atom stereocenters. The molecular formula is C25H20ClNO3S. The minimum Gasteiger partial charge on any atom is -0.457 e. The predicted octanol–water partition coefficient (Wildman–Crippen LogP) is 6.53. The van der Waals surface area contributed by atoms with Crippen molar-refractivity contribution in [3.8, 4) is 11.5 Å². The highest BCUT2D eigenvalue weighted by Gasteiger charge is 2.27. The third-order valence-corrected chi connectivity index (χ3v) is 6.95. The molecule has 0 heterocycles. The molecule has 0 atom stereocenters. The Morgan fingerprint density at radius 2 is 1.23 bits per heavy atom. The van der Waals surface area contributed by atoms with Crippen LogP contribution in [0.25, 0.3) is 0 Å². The highest BCUT2D eigenvalue weighted by atomic mass is 35.5. The average molecular weight is 450 g/mol. The van der Waals surface area contributed by atoms with E-state index in [1.807, 2.05) is 60.7 Å². The molecular weight excluding hydrogens is 430 g/mol. The van der Waals surface area contributed by atoms with Crippen molar-refractivity contribution >= 4 is 27.3 Å². The molecule has 0 aliphatic heterocycles. The molecule has 0 saturated heterocycles. The lowest BCUT2D eigenvalue weighted by Crippen LogP contribution is -2.30. The second-order valence-electron chi connectivity index (χ2n) is 6.84. The zero-order valence-electron chi connectivity index (χ0n) is 16.6. The Balaban J connectivity index is 1.70. The summed E-state index contributed by atoms with van der Waals surface area (Å²) in [6.45, 7) is 0.174. The monoisotopic (exact) mass is 449 g/mol. The molecule has 0 bridgehead atoms. The third kappa shape index (κ3) is 4.90. The van der Waals surface area contributed by atoms with Gasteiger partial charge in [0.1, 0.15) is 16.4 Å². The maximum atomic E-state index is 13.5. The van der Waals surface area contributed by atoms with E-state index in [0.29, 0.717) is 17.2 Å². The van der Waals surface area contributed by atoms with Crippen molar-refractivity contribution in [1.29, 1.82) is 0 Å². The van der Waals surface area contributed by atoms with Crippen LogP contribution in [0.3, 0.4) is 0 Å². The standard InChI is InChI=1S/C25H20ClNO3S/c26-24-13-7-8-14-25(24)31(28,29)27(19-20-9-3-1-4-10-20)21-15-17-23(18-16-21)30-22-11-5-2-6-12-22/h1-18H,19H2. The minimum absolute atomic E-state index is 0.0669. The molecule has 4 aromatic rings. The molecule has 156 valence electrons. The number of anilines is 1. The quantitative estimate of drug-likeness (QED) is 0.322. The second-order valence-corrected chi connectivity index (χ2v) is 9.07. The predicted molar refractivity (Wildman–Crippen MR) is 124 cm³/mol. The van der Waals surface area contributed by atoms with Gasteiger partial charge in [-0.2, -0.15) is 0 Å². The van der Waals surface area contributed by atoms with Gasteiger partial charge in [0.25, 0.3) is 10.0 Å². The summed E-state index contributed by atoms with van der Waals surface area (Å²) in [7, 11) is -3.89. The summed E-state index contributed by atoms with van der Waals surface area (Å²) >= 11 is 6.23. The topological polar surface area (TPSA) is 46.6 Å². The van der Waals surface area contributed by atoms with Gasteiger partial charge in [0.2, 0.25) is 0 Å². The van der Waals surface area contributed by atoms with Crippen LogP contribution in [-0.4, -0.2) is 8.42 Å². The van der Waals surface area contributed by atoms with Crippen molar-refractivity contribution in [3.63, 3.8) is 0 Å². The van der Waals surface area contributed by atoms with Gasteiger partial charge in [-0.3, -0.25) is 4.31 Å². The van der Waals surface area contributed by atoms with Crippen molar-refractivity contribution < 1.29 is 13.2 Å². The molecule has 0 aliphatic rings. The number of sulfonamides is 1. The fraction of sp³-hybridized carbons (Fsp3) is 0.0400. The van der Waals surface area contributed by atoms with Gasteiger partial charge < -0.3 is 4.74 Å². The van der Waals surface area contributed by atoms with Gasteiger partial charge in [-0.15, -0.1) is 0 Å². The second kappa shape index (κ2) is 9.25. The molecule has 0 saturated carbocycles. The lowest BCUT2D eigenvalue weighted by Gasteiger charge is -2.25. The van der Waals surface area contributed by atoms with Gasteiger partial charge in [-0.25, -0.2) is 8.42 Å². The molecule has 4 rings (SSSR count). The number of nitrogens with zero attached hydrogens (tertiary/aromatic N) is 1. The highest BCUT2D eigenvalue weighted by molar-refractivity contribution is 7.93. The fourth-order valence-electron chi connectivity index (χ4n) is 3.14. The third-order valence-electron chi connectivity index (χ3n) is 4.68. The van der Waals surface area contributed by atoms with E-state index in [1.54, 1.807) is 42.5 Å². The number of hydrogen-bond donors (Lipinski definition) is 0. The molecule has 0 fully saturated rings. The number of ether oxygens (including phenoxy) is 1.